The topological polar surface area (TPSA) is 52.3 Å². The molecule has 0 saturated carbocycles. The first-order valence-corrected chi connectivity index (χ1v) is 3.77. The summed E-state index contributed by atoms with van der Waals surface area (Å²) in [4.78, 5) is 10.7. The summed E-state index contributed by atoms with van der Waals surface area (Å²) >= 11 is 0. The predicted molar refractivity (Wildman–Crippen MR) is 44.1 cm³/mol. The third-order valence-corrected chi connectivity index (χ3v) is 1.69. The molecule has 0 aliphatic carbocycles. The van der Waals surface area contributed by atoms with E-state index >= 15 is 0 Å². The SMILES string of the molecule is CC(OC(=O)CN)C(C)(C)C. The van der Waals surface area contributed by atoms with Crippen molar-refractivity contribution in [3.63, 3.8) is 0 Å². The minimum atomic E-state index is -0.340. The first-order valence-electron chi connectivity index (χ1n) is 3.77. The second kappa shape index (κ2) is 3.72. The van der Waals surface area contributed by atoms with Crippen LogP contribution in [0.2, 0.25) is 0 Å². The van der Waals surface area contributed by atoms with Crippen LogP contribution in [0.25, 0.3) is 0 Å². The first-order chi connectivity index (χ1) is 4.88. The van der Waals surface area contributed by atoms with Crippen molar-refractivity contribution in [2.45, 2.75) is 33.8 Å². The summed E-state index contributed by atoms with van der Waals surface area (Å²) in [6.45, 7) is 7.87. The smallest absolute Gasteiger partial charge is 0.319 e. The van der Waals surface area contributed by atoms with E-state index in [1.54, 1.807) is 0 Å². The number of rotatable bonds is 2. The lowest BCUT2D eigenvalue weighted by atomic mass is 9.90. The van der Waals surface area contributed by atoms with Gasteiger partial charge >= 0.3 is 5.97 Å². The summed E-state index contributed by atoms with van der Waals surface area (Å²) in [7, 11) is 0. The lowest BCUT2D eigenvalue weighted by Gasteiger charge is -2.26. The lowest BCUT2D eigenvalue weighted by molar-refractivity contribution is -0.151. The number of hydrogen-bond acceptors (Lipinski definition) is 3. The lowest BCUT2D eigenvalue weighted by Crippen LogP contribution is -2.31. The molecule has 11 heavy (non-hydrogen) atoms. The monoisotopic (exact) mass is 159 g/mol. The van der Waals surface area contributed by atoms with Crippen molar-refractivity contribution in [3.05, 3.63) is 0 Å². The van der Waals surface area contributed by atoms with Crippen molar-refractivity contribution in [1.82, 2.24) is 0 Å². The van der Waals surface area contributed by atoms with E-state index < -0.39 is 0 Å². The summed E-state index contributed by atoms with van der Waals surface area (Å²) < 4.78 is 5.00. The van der Waals surface area contributed by atoms with Crippen molar-refractivity contribution < 1.29 is 9.53 Å². The molecule has 0 aromatic carbocycles. The van der Waals surface area contributed by atoms with E-state index in [9.17, 15) is 4.79 Å². The molecule has 3 heteroatoms. The Hall–Kier alpha value is -0.570. The van der Waals surface area contributed by atoms with Crippen LogP contribution in [-0.4, -0.2) is 18.6 Å². The Kier molecular flexibility index (Phi) is 3.52. The van der Waals surface area contributed by atoms with E-state index in [-0.39, 0.29) is 24.0 Å². The zero-order valence-corrected chi connectivity index (χ0v) is 7.68. The van der Waals surface area contributed by atoms with E-state index in [1.807, 2.05) is 27.7 Å². The third-order valence-electron chi connectivity index (χ3n) is 1.69. The van der Waals surface area contributed by atoms with Gasteiger partial charge in [-0.2, -0.15) is 0 Å². The molecule has 0 rings (SSSR count). The first kappa shape index (κ1) is 10.4. The molecule has 0 fully saturated rings. The summed E-state index contributed by atoms with van der Waals surface area (Å²) in [5.74, 6) is -0.340. The maximum atomic E-state index is 10.7. The van der Waals surface area contributed by atoms with Crippen LogP contribution in [0.4, 0.5) is 0 Å². The summed E-state index contributed by atoms with van der Waals surface area (Å²) in [5, 5.41) is 0. The fourth-order valence-electron chi connectivity index (χ4n) is 0.422. The fourth-order valence-corrected chi connectivity index (χ4v) is 0.422. The van der Waals surface area contributed by atoms with Gasteiger partial charge in [-0.3, -0.25) is 4.79 Å². The molecule has 0 aromatic heterocycles. The highest BCUT2D eigenvalue weighted by molar-refractivity contribution is 5.71. The Morgan fingerprint density at radius 3 is 2.27 bits per heavy atom. The summed E-state index contributed by atoms with van der Waals surface area (Å²) in [6, 6.07) is 0. The minimum Gasteiger partial charge on any atom is -0.461 e. The summed E-state index contributed by atoms with van der Waals surface area (Å²) in [5.41, 5.74) is 5.08. The third kappa shape index (κ3) is 3.98. The van der Waals surface area contributed by atoms with Gasteiger partial charge in [-0.25, -0.2) is 0 Å². The van der Waals surface area contributed by atoms with Gasteiger partial charge in [-0.15, -0.1) is 0 Å². The Morgan fingerprint density at radius 2 is 2.00 bits per heavy atom. The molecule has 0 radical (unpaired) electrons. The predicted octanol–water partition coefficient (Wildman–Crippen LogP) is 0.923. The summed E-state index contributed by atoms with van der Waals surface area (Å²) in [6.07, 6.45) is -0.0847. The number of carbonyl (C=O) groups is 1. The van der Waals surface area contributed by atoms with Gasteiger partial charge in [0, 0.05) is 0 Å². The Balaban J connectivity index is 3.87. The molecule has 1 atom stereocenters. The van der Waals surface area contributed by atoms with E-state index in [0.29, 0.717) is 0 Å². The molecule has 0 heterocycles. The van der Waals surface area contributed by atoms with Crippen LogP contribution in [0.1, 0.15) is 27.7 Å². The molecule has 0 aliphatic rings. The van der Waals surface area contributed by atoms with Crippen molar-refractivity contribution in [1.29, 1.82) is 0 Å². The number of ether oxygens (including phenoxy) is 1. The van der Waals surface area contributed by atoms with Gasteiger partial charge in [0.1, 0.15) is 6.10 Å². The number of hydrogen-bond donors (Lipinski definition) is 1. The number of esters is 1. The van der Waals surface area contributed by atoms with E-state index in [0.717, 1.165) is 0 Å². The zero-order valence-electron chi connectivity index (χ0n) is 7.68. The largest absolute Gasteiger partial charge is 0.461 e. The molecule has 66 valence electrons. The normalized spacial score (nSPS) is 14.3. The zero-order chi connectivity index (χ0) is 9.07. The molecule has 0 spiro atoms. The Labute approximate surface area is 67.9 Å². The highest BCUT2D eigenvalue weighted by Crippen LogP contribution is 2.21. The highest BCUT2D eigenvalue weighted by Gasteiger charge is 2.22. The molecular weight excluding hydrogens is 142 g/mol. The molecule has 3 nitrogen and oxygen atoms in total. The molecular formula is C8H17NO2. The van der Waals surface area contributed by atoms with E-state index in [2.05, 4.69) is 0 Å². The van der Waals surface area contributed by atoms with Gasteiger partial charge in [0.2, 0.25) is 0 Å². The number of nitrogens with two attached hydrogens (primary N) is 1. The Bertz CT molecular complexity index is 138. The van der Waals surface area contributed by atoms with Gasteiger partial charge in [0.05, 0.1) is 6.54 Å². The maximum Gasteiger partial charge on any atom is 0.319 e. The van der Waals surface area contributed by atoms with Crippen LogP contribution in [0.3, 0.4) is 0 Å². The van der Waals surface area contributed by atoms with Crippen LogP contribution < -0.4 is 5.73 Å². The van der Waals surface area contributed by atoms with Crippen LogP contribution in [-0.2, 0) is 9.53 Å². The fraction of sp³-hybridized carbons (Fsp3) is 0.875. The molecule has 1 unspecified atom stereocenters. The average molecular weight is 159 g/mol. The molecule has 0 aromatic rings. The van der Waals surface area contributed by atoms with Crippen molar-refractivity contribution >= 4 is 5.97 Å². The van der Waals surface area contributed by atoms with Gasteiger partial charge in [0.15, 0.2) is 0 Å². The number of carbonyl (C=O) groups excluding carboxylic acids is 1. The molecule has 2 N–H and O–H groups in total. The van der Waals surface area contributed by atoms with Crippen molar-refractivity contribution in [3.8, 4) is 0 Å². The van der Waals surface area contributed by atoms with E-state index in [1.165, 1.54) is 0 Å². The minimum absolute atomic E-state index is 0.00910. The molecule has 0 bridgehead atoms. The van der Waals surface area contributed by atoms with Gasteiger partial charge in [-0.05, 0) is 12.3 Å². The van der Waals surface area contributed by atoms with Crippen molar-refractivity contribution in [2.24, 2.45) is 11.1 Å². The van der Waals surface area contributed by atoms with Crippen LogP contribution >= 0.6 is 0 Å². The Morgan fingerprint density at radius 1 is 1.55 bits per heavy atom. The maximum absolute atomic E-state index is 10.7. The molecule has 0 saturated heterocycles. The van der Waals surface area contributed by atoms with Gasteiger partial charge in [-0.1, -0.05) is 20.8 Å². The van der Waals surface area contributed by atoms with Crippen LogP contribution in [0, 0.1) is 5.41 Å². The van der Waals surface area contributed by atoms with Gasteiger partial charge < -0.3 is 10.5 Å². The van der Waals surface area contributed by atoms with Gasteiger partial charge in [0.25, 0.3) is 0 Å². The van der Waals surface area contributed by atoms with Crippen molar-refractivity contribution in [2.75, 3.05) is 6.54 Å². The quantitative estimate of drug-likeness (QED) is 0.610. The van der Waals surface area contributed by atoms with Crippen LogP contribution in [0.15, 0.2) is 0 Å². The highest BCUT2D eigenvalue weighted by atomic mass is 16.5. The standard InChI is InChI=1S/C8H17NO2/c1-6(8(2,3)4)11-7(10)5-9/h6H,5,9H2,1-4H3. The van der Waals surface area contributed by atoms with Crippen LogP contribution in [0.5, 0.6) is 0 Å². The second-order valence-corrected chi connectivity index (χ2v) is 3.70. The average Bonchev–Trinajstić information content (AvgIpc) is 1.85. The second-order valence-electron chi connectivity index (χ2n) is 3.70. The van der Waals surface area contributed by atoms with E-state index in [4.69, 9.17) is 10.5 Å². The molecule has 0 aliphatic heterocycles. The molecule has 0 amide bonds.